The van der Waals surface area contributed by atoms with Crippen molar-refractivity contribution in [3.8, 4) is 0 Å². The lowest BCUT2D eigenvalue weighted by Crippen LogP contribution is -2.57. The summed E-state index contributed by atoms with van der Waals surface area (Å²) in [5, 5.41) is 21.0. The van der Waals surface area contributed by atoms with Crippen molar-refractivity contribution in [3.63, 3.8) is 0 Å². The molecule has 17 heavy (non-hydrogen) atoms. The van der Waals surface area contributed by atoms with Crippen molar-refractivity contribution in [1.29, 1.82) is 0 Å². The van der Waals surface area contributed by atoms with Crippen LogP contribution in [0.15, 0.2) is 0 Å². The summed E-state index contributed by atoms with van der Waals surface area (Å²) >= 11 is 0. The minimum Gasteiger partial charge on any atom is -0.400 e. The van der Waals surface area contributed by atoms with E-state index in [2.05, 4.69) is 5.32 Å². The molecule has 3 fully saturated rings. The lowest BCUT2D eigenvalue weighted by atomic mass is 9.71. The molecule has 0 radical (unpaired) electrons. The summed E-state index contributed by atoms with van der Waals surface area (Å²) in [7, 11) is 2.10. The largest absolute Gasteiger partial charge is 0.400 e. The zero-order chi connectivity index (χ0) is 12.3. The molecule has 3 rings (SSSR count). The van der Waals surface area contributed by atoms with Crippen LogP contribution in [0.3, 0.4) is 0 Å². The van der Waals surface area contributed by atoms with Crippen LogP contribution in [0.5, 0.6) is 0 Å². The molecule has 1 saturated carbocycles. The molecule has 6 atom stereocenters. The monoisotopic (exact) mass is 259 g/mol. The van der Waals surface area contributed by atoms with Gasteiger partial charge in [0, 0.05) is 13.2 Å². The number of fused-ring (bicyclic) bond motifs is 3. The summed E-state index contributed by atoms with van der Waals surface area (Å²) in [6.07, 6.45) is 7.81. The number of piperidine rings is 1. The van der Waals surface area contributed by atoms with Crippen molar-refractivity contribution in [2.75, 3.05) is 19.8 Å². The van der Waals surface area contributed by atoms with Gasteiger partial charge < -0.3 is 15.5 Å². The van der Waals surface area contributed by atoms with Gasteiger partial charge in [0.25, 0.3) is 0 Å². The van der Waals surface area contributed by atoms with Crippen molar-refractivity contribution in [3.05, 3.63) is 0 Å². The molecule has 0 spiro atoms. The van der Waals surface area contributed by atoms with E-state index in [1.807, 2.05) is 0 Å². The fourth-order valence-corrected chi connectivity index (χ4v) is 5.99. The van der Waals surface area contributed by atoms with Crippen LogP contribution in [0, 0.1) is 11.8 Å². The molecule has 2 saturated heterocycles. The quantitative estimate of drug-likeness (QED) is 0.573. The van der Waals surface area contributed by atoms with Gasteiger partial charge in [-0.15, -0.1) is 8.58 Å². The van der Waals surface area contributed by atoms with Gasteiger partial charge in [0.1, 0.15) is 0 Å². The normalized spacial score (nSPS) is 46.4. The molecule has 3 N–H and O–H groups in total. The highest BCUT2D eigenvalue weighted by atomic mass is 31.1. The molecular formula is C13H26NO2P. The third-order valence-corrected chi connectivity index (χ3v) is 6.52. The molecule has 0 amide bonds. The van der Waals surface area contributed by atoms with Gasteiger partial charge >= 0.3 is 0 Å². The van der Waals surface area contributed by atoms with E-state index in [-0.39, 0.29) is 6.10 Å². The number of aliphatic hydroxyl groups is 2. The van der Waals surface area contributed by atoms with Gasteiger partial charge in [0.15, 0.2) is 0 Å². The third kappa shape index (κ3) is 2.84. The maximum atomic E-state index is 10.2. The molecular weight excluding hydrogens is 233 g/mol. The highest BCUT2D eigenvalue weighted by Crippen LogP contribution is 2.47. The van der Waals surface area contributed by atoms with Crippen molar-refractivity contribution < 1.29 is 10.2 Å². The van der Waals surface area contributed by atoms with Crippen molar-refractivity contribution in [2.24, 2.45) is 11.8 Å². The van der Waals surface area contributed by atoms with Gasteiger partial charge in [-0.3, -0.25) is 0 Å². The van der Waals surface area contributed by atoms with Crippen LogP contribution in [0.1, 0.15) is 32.1 Å². The Kier molecular flexibility index (Phi) is 5.23. The van der Waals surface area contributed by atoms with Crippen LogP contribution in [0.4, 0.5) is 0 Å². The maximum Gasteiger partial charge on any atom is 0.0578 e. The summed E-state index contributed by atoms with van der Waals surface area (Å²) in [5.41, 5.74) is 0.813. The molecule has 3 nitrogen and oxygen atoms in total. The highest BCUT2D eigenvalue weighted by molar-refractivity contribution is 7.39. The molecule has 4 heteroatoms. The zero-order valence-electron chi connectivity index (χ0n) is 10.7. The molecule has 6 unspecified atom stereocenters. The SMILES string of the molecule is CO.OC1CC2CCCNC2C2PCCCC12. The van der Waals surface area contributed by atoms with Gasteiger partial charge in [-0.2, -0.15) is 0 Å². The number of aliphatic hydroxyl groups excluding tert-OH is 2. The molecule has 0 aromatic carbocycles. The minimum absolute atomic E-state index is 0.0175. The first-order valence-corrected chi connectivity index (χ1v) is 8.24. The number of hydrogen-bond donors (Lipinski definition) is 3. The van der Waals surface area contributed by atoms with Crippen LogP contribution >= 0.6 is 8.58 Å². The van der Waals surface area contributed by atoms with Crippen molar-refractivity contribution >= 4 is 8.58 Å². The second kappa shape index (κ2) is 6.47. The second-order valence-corrected chi connectivity index (χ2v) is 7.05. The Morgan fingerprint density at radius 3 is 2.82 bits per heavy atom. The fraction of sp³-hybridized carbons (Fsp3) is 1.00. The summed E-state index contributed by atoms with van der Waals surface area (Å²) in [4.78, 5) is 0. The van der Waals surface area contributed by atoms with E-state index in [0.29, 0.717) is 5.92 Å². The lowest BCUT2D eigenvalue weighted by molar-refractivity contribution is 0.0154. The zero-order valence-corrected chi connectivity index (χ0v) is 11.7. The Morgan fingerprint density at radius 1 is 1.18 bits per heavy atom. The van der Waals surface area contributed by atoms with Gasteiger partial charge in [-0.1, -0.05) is 0 Å². The van der Waals surface area contributed by atoms with E-state index >= 15 is 0 Å². The first-order valence-electron chi connectivity index (χ1n) is 6.96. The van der Waals surface area contributed by atoms with E-state index in [0.717, 1.165) is 39.7 Å². The van der Waals surface area contributed by atoms with E-state index in [9.17, 15) is 5.11 Å². The topological polar surface area (TPSA) is 52.5 Å². The summed E-state index contributed by atoms with van der Waals surface area (Å²) in [6, 6.07) is 0.755. The van der Waals surface area contributed by atoms with Crippen molar-refractivity contribution in [1.82, 2.24) is 5.32 Å². The lowest BCUT2D eigenvalue weighted by Gasteiger charge is -2.50. The maximum absolute atomic E-state index is 10.2. The fourth-order valence-electron chi connectivity index (χ4n) is 3.91. The van der Waals surface area contributed by atoms with E-state index in [4.69, 9.17) is 5.11 Å². The number of rotatable bonds is 0. The Morgan fingerprint density at radius 2 is 2.00 bits per heavy atom. The summed E-state index contributed by atoms with van der Waals surface area (Å²) in [5.74, 6) is 1.41. The second-order valence-electron chi connectivity index (χ2n) is 5.47. The van der Waals surface area contributed by atoms with Crippen LogP contribution in [-0.2, 0) is 0 Å². The predicted molar refractivity (Wildman–Crippen MR) is 73.0 cm³/mol. The molecule has 100 valence electrons. The van der Waals surface area contributed by atoms with Gasteiger partial charge in [0.05, 0.1) is 6.10 Å². The van der Waals surface area contributed by atoms with Crippen LogP contribution < -0.4 is 5.32 Å². The van der Waals surface area contributed by atoms with Crippen LogP contribution in [0.25, 0.3) is 0 Å². The van der Waals surface area contributed by atoms with Crippen molar-refractivity contribution in [2.45, 2.75) is 49.9 Å². The van der Waals surface area contributed by atoms with Gasteiger partial charge in [0.2, 0.25) is 0 Å². The summed E-state index contributed by atoms with van der Waals surface area (Å²) in [6.45, 7) is 1.21. The molecule has 0 bridgehead atoms. The first-order chi connectivity index (χ1) is 8.36. The average Bonchev–Trinajstić information content (AvgIpc) is 2.42. The average molecular weight is 259 g/mol. The number of nitrogens with one attached hydrogen (secondary N) is 1. The first kappa shape index (κ1) is 13.7. The Bertz CT molecular complexity index is 239. The summed E-state index contributed by atoms with van der Waals surface area (Å²) < 4.78 is 0. The highest BCUT2D eigenvalue weighted by Gasteiger charge is 2.45. The van der Waals surface area contributed by atoms with Crippen LogP contribution in [0.2, 0.25) is 0 Å². The van der Waals surface area contributed by atoms with E-state index in [1.54, 1.807) is 0 Å². The molecule has 0 aromatic rings. The van der Waals surface area contributed by atoms with E-state index in [1.165, 1.54) is 38.4 Å². The Hall–Kier alpha value is 0.310. The minimum atomic E-state index is 0.0175. The molecule has 1 aliphatic carbocycles. The molecule has 3 aliphatic rings. The predicted octanol–water partition coefficient (Wildman–Crippen LogP) is 1.18. The van der Waals surface area contributed by atoms with E-state index < -0.39 is 0 Å². The molecule has 0 aromatic heterocycles. The number of hydrogen-bond acceptors (Lipinski definition) is 3. The molecule has 2 aliphatic heterocycles. The standard InChI is InChI=1S/C12H22NOP.CH4O/c14-10-7-8-3-1-5-13-11(8)12-9(10)4-2-6-15-12;1-2/h8-15H,1-7H2;2H,1H3. The van der Waals surface area contributed by atoms with Gasteiger partial charge in [-0.05, 0) is 62.3 Å². The Labute approximate surface area is 106 Å². The van der Waals surface area contributed by atoms with Crippen LogP contribution in [-0.4, -0.2) is 47.8 Å². The Balaban J connectivity index is 0.000000514. The van der Waals surface area contributed by atoms with Gasteiger partial charge in [-0.25, -0.2) is 0 Å². The molecule has 2 heterocycles. The smallest absolute Gasteiger partial charge is 0.0578 e. The third-order valence-electron chi connectivity index (χ3n) is 4.62.